The summed E-state index contributed by atoms with van der Waals surface area (Å²) >= 11 is 3.25. The maximum Gasteiger partial charge on any atom is 0.108 e. The fourth-order valence-electron chi connectivity index (χ4n) is 0.810. The smallest absolute Gasteiger partial charge is 0.108 e. The number of fused-ring (bicyclic) bond motifs is 1. The lowest BCUT2D eigenvalue weighted by Gasteiger charge is -1.86. The van der Waals surface area contributed by atoms with Gasteiger partial charge in [-0.3, -0.25) is 0 Å². The van der Waals surface area contributed by atoms with Crippen LogP contribution in [0.15, 0.2) is 23.2 Å². The number of hydrogen-bond donors (Lipinski definition) is 1. The molecule has 0 saturated heterocycles. The van der Waals surface area contributed by atoms with Crippen molar-refractivity contribution in [2.45, 2.75) is 27.7 Å². The number of halogens is 1. The molecule has 2 heterocycles. The van der Waals surface area contributed by atoms with Gasteiger partial charge in [-0.25, -0.2) is 9.97 Å². The SMILES string of the molecule is Brc1cc2nc[nH]c2cn1.CC.CC. The quantitative estimate of drug-likeness (QED) is 0.731. The van der Waals surface area contributed by atoms with Gasteiger partial charge in [0.25, 0.3) is 0 Å². The molecule has 0 aromatic carbocycles. The minimum Gasteiger partial charge on any atom is -0.343 e. The van der Waals surface area contributed by atoms with E-state index in [9.17, 15) is 0 Å². The van der Waals surface area contributed by atoms with Gasteiger partial charge in [0.05, 0.1) is 23.6 Å². The van der Waals surface area contributed by atoms with Crippen molar-refractivity contribution in [1.29, 1.82) is 0 Å². The van der Waals surface area contributed by atoms with Crippen LogP contribution in [-0.2, 0) is 0 Å². The number of hydrogen-bond acceptors (Lipinski definition) is 2. The highest BCUT2D eigenvalue weighted by atomic mass is 79.9. The van der Waals surface area contributed by atoms with Gasteiger partial charge in [0.2, 0.25) is 0 Å². The fourth-order valence-corrected chi connectivity index (χ4v) is 1.13. The summed E-state index contributed by atoms with van der Waals surface area (Å²) in [5, 5.41) is 0. The van der Waals surface area contributed by atoms with Gasteiger partial charge < -0.3 is 4.98 Å². The Hall–Kier alpha value is -0.900. The van der Waals surface area contributed by atoms with E-state index in [1.54, 1.807) is 12.5 Å². The highest BCUT2D eigenvalue weighted by molar-refractivity contribution is 9.10. The topological polar surface area (TPSA) is 41.6 Å². The molecular weight excluding hydrogens is 242 g/mol. The fraction of sp³-hybridized carbons (Fsp3) is 0.400. The number of imidazole rings is 1. The van der Waals surface area contributed by atoms with Crippen LogP contribution in [0.25, 0.3) is 11.0 Å². The Labute approximate surface area is 93.1 Å². The molecule has 0 spiro atoms. The molecule has 3 nitrogen and oxygen atoms in total. The maximum absolute atomic E-state index is 4.05. The Morgan fingerprint density at radius 1 is 1.14 bits per heavy atom. The summed E-state index contributed by atoms with van der Waals surface area (Å²) in [6.07, 6.45) is 3.39. The van der Waals surface area contributed by atoms with Crippen LogP contribution >= 0.6 is 15.9 Å². The van der Waals surface area contributed by atoms with Crippen molar-refractivity contribution in [3.05, 3.63) is 23.2 Å². The van der Waals surface area contributed by atoms with Gasteiger partial charge in [0.15, 0.2) is 0 Å². The largest absolute Gasteiger partial charge is 0.343 e. The normalized spacial score (nSPS) is 8.36. The first-order valence-electron chi connectivity index (χ1n) is 4.81. The van der Waals surface area contributed by atoms with E-state index >= 15 is 0 Å². The molecule has 14 heavy (non-hydrogen) atoms. The molecule has 4 heteroatoms. The van der Waals surface area contributed by atoms with E-state index in [0.29, 0.717) is 0 Å². The molecule has 2 rings (SSSR count). The lowest BCUT2D eigenvalue weighted by Crippen LogP contribution is -1.74. The number of pyridine rings is 1. The van der Waals surface area contributed by atoms with Crippen LogP contribution in [0.1, 0.15) is 27.7 Å². The third-order valence-corrected chi connectivity index (χ3v) is 1.71. The van der Waals surface area contributed by atoms with Crippen LogP contribution in [0.4, 0.5) is 0 Å². The third-order valence-electron chi connectivity index (χ3n) is 1.27. The molecule has 1 N–H and O–H groups in total. The molecule has 0 aliphatic carbocycles. The van der Waals surface area contributed by atoms with Crippen molar-refractivity contribution in [1.82, 2.24) is 15.0 Å². The third kappa shape index (κ3) is 3.46. The summed E-state index contributed by atoms with van der Waals surface area (Å²) < 4.78 is 0.812. The Morgan fingerprint density at radius 2 is 1.79 bits per heavy atom. The molecular formula is C10H16BrN3. The van der Waals surface area contributed by atoms with E-state index in [0.717, 1.165) is 15.6 Å². The predicted octanol–water partition coefficient (Wildman–Crippen LogP) is 3.77. The van der Waals surface area contributed by atoms with Crippen LogP contribution in [0.2, 0.25) is 0 Å². The molecule has 0 amide bonds. The number of aromatic amines is 1. The highest BCUT2D eigenvalue weighted by Crippen LogP contribution is 2.12. The summed E-state index contributed by atoms with van der Waals surface area (Å²) in [6, 6.07) is 1.87. The minimum atomic E-state index is 0.812. The minimum absolute atomic E-state index is 0.812. The molecule has 0 fully saturated rings. The van der Waals surface area contributed by atoms with Crippen LogP contribution in [-0.4, -0.2) is 15.0 Å². The second-order valence-corrected chi connectivity index (χ2v) is 2.74. The van der Waals surface area contributed by atoms with Gasteiger partial charge >= 0.3 is 0 Å². The summed E-state index contributed by atoms with van der Waals surface area (Å²) in [7, 11) is 0. The van der Waals surface area contributed by atoms with E-state index in [2.05, 4.69) is 30.9 Å². The van der Waals surface area contributed by atoms with Crippen molar-refractivity contribution in [2.24, 2.45) is 0 Å². The van der Waals surface area contributed by atoms with Gasteiger partial charge in [0.1, 0.15) is 4.60 Å². The van der Waals surface area contributed by atoms with Gasteiger partial charge in [-0.15, -0.1) is 0 Å². The molecule has 0 aliphatic rings. The summed E-state index contributed by atoms with van der Waals surface area (Å²) in [5.41, 5.74) is 1.89. The standard InChI is InChI=1S/C6H4BrN3.2C2H6/c7-6-1-4-5(2-8-6)10-3-9-4;2*1-2/h1-3H,(H,9,10);2*1-2H3. The average molecular weight is 258 g/mol. The molecule has 0 bridgehead atoms. The van der Waals surface area contributed by atoms with E-state index in [-0.39, 0.29) is 0 Å². The summed E-state index contributed by atoms with van der Waals surface area (Å²) in [5.74, 6) is 0. The molecule has 0 aliphatic heterocycles. The number of nitrogens with zero attached hydrogens (tertiary/aromatic N) is 2. The van der Waals surface area contributed by atoms with Gasteiger partial charge in [0, 0.05) is 0 Å². The Bertz CT molecular complexity index is 357. The van der Waals surface area contributed by atoms with Gasteiger partial charge in [-0.2, -0.15) is 0 Å². The first-order valence-corrected chi connectivity index (χ1v) is 5.60. The maximum atomic E-state index is 4.05. The van der Waals surface area contributed by atoms with E-state index in [1.807, 2.05) is 33.8 Å². The van der Waals surface area contributed by atoms with Crippen LogP contribution < -0.4 is 0 Å². The Morgan fingerprint density at radius 3 is 2.43 bits per heavy atom. The molecule has 0 saturated carbocycles. The zero-order valence-corrected chi connectivity index (χ0v) is 10.6. The van der Waals surface area contributed by atoms with Crippen LogP contribution in [0.5, 0.6) is 0 Å². The second kappa shape index (κ2) is 7.50. The zero-order chi connectivity index (χ0) is 11.0. The lowest BCUT2D eigenvalue weighted by atomic mass is 10.4. The number of aromatic nitrogens is 3. The molecule has 0 atom stereocenters. The van der Waals surface area contributed by atoms with Crippen molar-refractivity contribution in [2.75, 3.05) is 0 Å². The summed E-state index contributed by atoms with van der Waals surface area (Å²) in [6.45, 7) is 8.00. The monoisotopic (exact) mass is 257 g/mol. The van der Waals surface area contributed by atoms with Crippen molar-refractivity contribution in [3.8, 4) is 0 Å². The zero-order valence-electron chi connectivity index (χ0n) is 9.00. The van der Waals surface area contributed by atoms with Crippen molar-refractivity contribution < 1.29 is 0 Å². The van der Waals surface area contributed by atoms with Gasteiger partial charge in [-0.05, 0) is 22.0 Å². The van der Waals surface area contributed by atoms with E-state index in [4.69, 9.17) is 0 Å². The Balaban J connectivity index is 0.000000379. The van der Waals surface area contributed by atoms with Crippen LogP contribution in [0, 0.1) is 0 Å². The van der Waals surface area contributed by atoms with E-state index < -0.39 is 0 Å². The molecule has 2 aromatic rings. The first-order chi connectivity index (χ1) is 6.86. The Kier molecular flexibility index (Phi) is 7.02. The number of rotatable bonds is 0. The van der Waals surface area contributed by atoms with E-state index in [1.165, 1.54) is 0 Å². The molecule has 0 radical (unpaired) electrons. The number of nitrogens with one attached hydrogen (secondary N) is 1. The second-order valence-electron chi connectivity index (χ2n) is 1.93. The first kappa shape index (κ1) is 13.1. The average Bonchev–Trinajstić information content (AvgIpc) is 2.71. The van der Waals surface area contributed by atoms with Gasteiger partial charge in [-0.1, -0.05) is 27.7 Å². The number of H-pyrrole nitrogens is 1. The molecule has 2 aromatic heterocycles. The van der Waals surface area contributed by atoms with Crippen LogP contribution in [0.3, 0.4) is 0 Å². The highest BCUT2D eigenvalue weighted by Gasteiger charge is 1.94. The van der Waals surface area contributed by atoms with Crippen molar-refractivity contribution >= 4 is 27.0 Å². The molecule has 0 unspecified atom stereocenters. The summed E-state index contributed by atoms with van der Waals surface area (Å²) in [4.78, 5) is 11.0. The molecule has 78 valence electrons. The predicted molar refractivity (Wildman–Crippen MR) is 64.3 cm³/mol. The lowest BCUT2D eigenvalue weighted by molar-refractivity contribution is 1.29. The van der Waals surface area contributed by atoms with Crippen molar-refractivity contribution in [3.63, 3.8) is 0 Å².